The molecule has 7 heteroatoms. The van der Waals surface area contributed by atoms with Crippen LogP contribution in [0.15, 0.2) is 30.3 Å². The Morgan fingerprint density at radius 3 is 2.61 bits per heavy atom. The lowest BCUT2D eigenvalue weighted by molar-refractivity contribution is -0.179. The monoisotopic (exact) mass is 448 g/mol. The number of halogens is 1. The summed E-state index contributed by atoms with van der Waals surface area (Å²) in [7, 11) is 0. The van der Waals surface area contributed by atoms with E-state index in [1.54, 1.807) is 0 Å². The molecule has 4 unspecified atom stereocenters. The summed E-state index contributed by atoms with van der Waals surface area (Å²) in [5.74, 6) is 1.43. The van der Waals surface area contributed by atoms with E-state index in [-0.39, 0.29) is 19.1 Å². The summed E-state index contributed by atoms with van der Waals surface area (Å²) < 4.78 is 17.5. The summed E-state index contributed by atoms with van der Waals surface area (Å²) in [6, 6.07) is 9.81. The fraction of sp³-hybridized carbons (Fsp3) is 0.500. The van der Waals surface area contributed by atoms with Crippen LogP contribution in [0.5, 0.6) is 11.5 Å². The molecule has 31 heavy (non-hydrogen) atoms. The van der Waals surface area contributed by atoms with Crippen molar-refractivity contribution >= 4 is 11.6 Å². The second-order valence-electron chi connectivity index (χ2n) is 8.49. The highest BCUT2D eigenvalue weighted by atomic mass is 35.5. The highest BCUT2D eigenvalue weighted by Crippen LogP contribution is 2.44. The van der Waals surface area contributed by atoms with Crippen LogP contribution in [0.1, 0.15) is 48.6 Å². The lowest BCUT2D eigenvalue weighted by Crippen LogP contribution is -2.44. The van der Waals surface area contributed by atoms with E-state index in [0.717, 1.165) is 28.0 Å². The van der Waals surface area contributed by atoms with Crippen LogP contribution in [0.3, 0.4) is 0 Å². The Morgan fingerprint density at radius 1 is 1.19 bits per heavy atom. The molecule has 4 rings (SSSR count). The smallest absolute Gasteiger partial charge is 0.141 e. The first-order valence-electron chi connectivity index (χ1n) is 10.7. The number of ether oxygens (including phenoxy) is 3. The molecule has 1 fully saturated rings. The molecule has 3 N–H and O–H groups in total. The first kappa shape index (κ1) is 22.4. The van der Waals surface area contributed by atoms with Gasteiger partial charge in [0.1, 0.15) is 23.7 Å². The Kier molecular flexibility index (Phi) is 6.74. The third kappa shape index (κ3) is 4.69. The average molecular weight is 449 g/mol. The highest BCUT2D eigenvalue weighted by Gasteiger charge is 2.40. The molecule has 0 amide bonds. The summed E-state index contributed by atoms with van der Waals surface area (Å²) in [4.78, 5) is 0. The molecule has 0 spiro atoms. The number of rotatable bonds is 6. The van der Waals surface area contributed by atoms with Gasteiger partial charge in [0, 0.05) is 18.4 Å². The van der Waals surface area contributed by atoms with Crippen molar-refractivity contribution in [3.63, 3.8) is 0 Å². The van der Waals surface area contributed by atoms with Crippen LogP contribution in [0.4, 0.5) is 0 Å². The maximum atomic E-state index is 10.6. The molecule has 6 nitrogen and oxygen atoms in total. The van der Waals surface area contributed by atoms with Crippen LogP contribution in [-0.2, 0) is 17.6 Å². The molecule has 0 radical (unpaired) electrons. The lowest BCUT2D eigenvalue weighted by atomic mass is 9.88. The maximum absolute atomic E-state index is 10.6. The van der Waals surface area contributed by atoms with Crippen molar-refractivity contribution < 1.29 is 29.5 Å². The minimum atomic E-state index is -1.09. The van der Waals surface area contributed by atoms with Gasteiger partial charge >= 0.3 is 0 Å². The van der Waals surface area contributed by atoms with E-state index in [4.69, 9.17) is 25.8 Å². The van der Waals surface area contributed by atoms with Crippen LogP contribution >= 0.6 is 11.6 Å². The molecule has 1 saturated heterocycles. The molecule has 4 atom stereocenters. The number of hydrogen-bond donors (Lipinski definition) is 3. The van der Waals surface area contributed by atoms with Crippen molar-refractivity contribution in [2.45, 2.75) is 63.6 Å². The van der Waals surface area contributed by atoms with Crippen molar-refractivity contribution in [1.29, 1.82) is 0 Å². The van der Waals surface area contributed by atoms with Crippen molar-refractivity contribution in [2.75, 3.05) is 13.2 Å². The summed E-state index contributed by atoms with van der Waals surface area (Å²) in [5, 5.41) is 31.0. The van der Waals surface area contributed by atoms with E-state index >= 15 is 0 Å². The van der Waals surface area contributed by atoms with Crippen molar-refractivity contribution in [2.24, 2.45) is 0 Å². The van der Waals surface area contributed by atoms with Crippen molar-refractivity contribution in [3.05, 3.63) is 57.6 Å². The number of hydrogen-bond acceptors (Lipinski definition) is 6. The Hall–Kier alpha value is -1.83. The number of aliphatic hydroxyl groups excluding tert-OH is 3. The van der Waals surface area contributed by atoms with Gasteiger partial charge in [-0.3, -0.25) is 0 Å². The van der Waals surface area contributed by atoms with Crippen molar-refractivity contribution in [1.82, 2.24) is 0 Å². The fourth-order valence-corrected chi connectivity index (χ4v) is 4.59. The lowest BCUT2D eigenvalue weighted by Gasteiger charge is -2.37. The quantitative estimate of drug-likeness (QED) is 0.629. The third-order valence-electron chi connectivity index (χ3n) is 5.78. The maximum Gasteiger partial charge on any atom is 0.141 e. The van der Waals surface area contributed by atoms with E-state index < -0.39 is 24.4 Å². The molecule has 2 aromatic carbocycles. The first-order valence-corrected chi connectivity index (χ1v) is 11.1. The zero-order valence-corrected chi connectivity index (χ0v) is 18.5. The van der Waals surface area contributed by atoms with Crippen LogP contribution in [0, 0.1) is 0 Å². The van der Waals surface area contributed by atoms with Crippen LogP contribution < -0.4 is 9.47 Å². The van der Waals surface area contributed by atoms with Gasteiger partial charge in [-0.2, -0.15) is 0 Å². The third-order valence-corrected chi connectivity index (χ3v) is 6.19. The zero-order chi connectivity index (χ0) is 22.1. The molecule has 0 bridgehead atoms. The minimum absolute atomic E-state index is 0.108. The van der Waals surface area contributed by atoms with Gasteiger partial charge in [0.2, 0.25) is 0 Å². The Labute approximate surface area is 187 Å². The van der Waals surface area contributed by atoms with Gasteiger partial charge in [0.15, 0.2) is 0 Å². The molecule has 0 saturated carbocycles. The molecular formula is C24H29ClO6. The van der Waals surface area contributed by atoms with Crippen LogP contribution in [0.2, 0.25) is 5.02 Å². The van der Waals surface area contributed by atoms with Gasteiger partial charge in [-0.1, -0.05) is 29.8 Å². The van der Waals surface area contributed by atoms with Crippen LogP contribution in [0.25, 0.3) is 0 Å². The van der Waals surface area contributed by atoms with Gasteiger partial charge < -0.3 is 29.5 Å². The normalized spacial score (nSPS) is 25.4. The number of benzene rings is 2. The highest BCUT2D eigenvalue weighted by molar-refractivity contribution is 6.33. The van der Waals surface area contributed by atoms with E-state index in [1.165, 1.54) is 0 Å². The van der Waals surface area contributed by atoms with Gasteiger partial charge in [-0.15, -0.1) is 0 Å². The number of aliphatic hydroxyl groups is 3. The Morgan fingerprint density at radius 2 is 1.94 bits per heavy atom. The topological polar surface area (TPSA) is 88.4 Å². The van der Waals surface area contributed by atoms with E-state index in [1.807, 2.05) is 44.2 Å². The Bertz CT molecular complexity index is 913. The van der Waals surface area contributed by atoms with Gasteiger partial charge in [-0.25, -0.2) is 0 Å². The standard InChI is InChI=1S/C24H29ClO6/c1-13(2)30-16-5-3-14(4-6-16)9-15-10-19(18-7-8-29-23(18)21(15)25)24-22(28)20(27)11-17(12-26)31-24/h3-6,10,13,17,20,22,24,26-28H,7-9,11-12H2,1-2H3. The first-order chi connectivity index (χ1) is 14.9. The molecule has 2 aliphatic heterocycles. The van der Waals surface area contributed by atoms with E-state index in [9.17, 15) is 15.3 Å². The average Bonchev–Trinajstić information content (AvgIpc) is 3.23. The molecule has 2 aromatic rings. The molecule has 0 aliphatic carbocycles. The summed E-state index contributed by atoms with van der Waals surface area (Å²) in [6.45, 7) is 4.26. The molecule has 168 valence electrons. The van der Waals surface area contributed by atoms with Gasteiger partial charge in [0.25, 0.3) is 0 Å². The minimum Gasteiger partial charge on any atom is -0.491 e. The largest absolute Gasteiger partial charge is 0.491 e. The van der Waals surface area contributed by atoms with Crippen LogP contribution in [-0.4, -0.2) is 52.9 Å². The molecule has 2 heterocycles. The molecule has 0 aromatic heterocycles. The molecular weight excluding hydrogens is 420 g/mol. The fourth-order valence-electron chi connectivity index (χ4n) is 4.30. The summed E-state index contributed by atoms with van der Waals surface area (Å²) in [5.41, 5.74) is 3.56. The SMILES string of the molecule is CC(C)Oc1ccc(Cc2cc(C3OC(CO)CC(O)C3O)c3c(c2Cl)OCC3)cc1. The van der Waals surface area contributed by atoms with E-state index in [0.29, 0.717) is 30.2 Å². The summed E-state index contributed by atoms with van der Waals surface area (Å²) in [6.07, 6.45) is -1.83. The summed E-state index contributed by atoms with van der Waals surface area (Å²) >= 11 is 6.69. The van der Waals surface area contributed by atoms with Gasteiger partial charge in [0.05, 0.1) is 36.5 Å². The van der Waals surface area contributed by atoms with Gasteiger partial charge in [-0.05, 0) is 49.1 Å². The predicted molar refractivity (Wildman–Crippen MR) is 117 cm³/mol. The molecule has 2 aliphatic rings. The predicted octanol–water partition coefficient (Wildman–Crippen LogP) is 3.20. The zero-order valence-electron chi connectivity index (χ0n) is 17.8. The van der Waals surface area contributed by atoms with E-state index in [2.05, 4.69) is 0 Å². The second-order valence-corrected chi connectivity index (χ2v) is 8.87. The van der Waals surface area contributed by atoms with Crippen molar-refractivity contribution in [3.8, 4) is 11.5 Å². The number of fused-ring (bicyclic) bond motifs is 1. The second kappa shape index (κ2) is 9.35. The Balaban J connectivity index is 1.67.